The maximum absolute atomic E-state index is 6.00. The Morgan fingerprint density at radius 1 is 1.19 bits per heavy atom. The Balaban J connectivity index is 1.24. The number of guanidine groups is 1. The van der Waals surface area contributed by atoms with Gasteiger partial charge in [0, 0.05) is 45.8 Å². The monoisotopic (exact) mass is 371 g/mol. The lowest BCUT2D eigenvalue weighted by Crippen LogP contribution is -2.53. The van der Waals surface area contributed by atoms with Gasteiger partial charge in [0.05, 0.1) is 12.2 Å². The van der Waals surface area contributed by atoms with Crippen molar-refractivity contribution in [3.8, 4) is 11.5 Å². The van der Waals surface area contributed by atoms with Gasteiger partial charge in [-0.2, -0.15) is 0 Å². The molecule has 1 N–H and O–H groups in total. The van der Waals surface area contributed by atoms with Gasteiger partial charge in [-0.05, 0) is 12.1 Å². The summed E-state index contributed by atoms with van der Waals surface area (Å²) in [6.45, 7) is 5.77. The number of fused-ring (bicyclic) bond motifs is 1. The molecule has 1 saturated heterocycles. The molecule has 1 aromatic heterocycles. The molecule has 1 unspecified atom stereocenters. The third kappa shape index (κ3) is 4.33. The smallest absolute Gasteiger partial charge is 0.193 e. The summed E-state index contributed by atoms with van der Waals surface area (Å²) in [7, 11) is 1.82. The summed E-state index contributed by atoms with van der Waals surface area (Å²) in [5, 5.41) is 7.41. The molecule has 2 aromatic rings. The highest BCUT2D eigenvalue weighted by Gasteiger charge is 2.23. The second kappa shape index (κ2) is 8.30. The summed E-state index contributed by atoms with van der Waals surface area (Å²) in [6.07, 6.45) is 1.58. The highest BCUT2D eigenvalue weighted by atomic mass is 16.6. The number of aliphatic imine (C=N–C) groups is 1. The van der Waals surface area contributed by atoms with Gasteiger partial charge >= 0.3 is 0 Å². The van der Waals surface area contributed by atoms with Crippen LogP contribution in [0.15, 0.2) is 46.1 Å². The first-order valence-corrected chi connectivity index (χ1v) is 9.27. The van der Waals surface area contributed by atoms with Crippen molar-refractivity contribution in [2.75, 3.05) is 46.4 Å². The Morgan fingerprint density at radius 3 is 2.74 bits per heavy atom. The quantitative estimate of drug-likeness (QED) is 0.639. The number of hydrogen-bond acceptors (Lipinski definition) is 6. The zero-order valence-corrected chi connectivity index (χ0v) is 15.5. The number of para-hydroxylation sites is 2. The molecule has 0 spiro atoms. The molecule has 1 atom stereocenters. The van der Waals surface area contributed by atoms with Crippen LogP contribution in [0.5, 0.6) is 11.5 Å². The van der Waals surface area contributed by atoms with Crippen molar-refractivity contribution in [3.63, 3.8) is 0 Å². The maximum atomic E-state index is 6.00. The van der Waals surface area contributed by atoms with E-state index in [1.54, 1.807) is 6.26 Å². The van der Waals surface area contributed by atoms with E-state index in [1.807, 2.05) is 37.4 Å². The SMILES string of the molecule is CN=C(NCC1COc2ccccc2O1)N1CCN(Cc2ccon2)CC1. The molecule has 8 nitrogen and oxygen atoms in total. The Morgan fingerprint density at radius 2 is 2.00 bits per heavy atom. The topological polar surface area (TPSA) is 75.4 Å². The molecular formula is C19H25N5O3. The van der Waals surface area contributed by atoms with Crippen LogP contribution >= 0.6 is 0 Å². The molecule has 27 heavy (non-hydrogen) atoms. The lowest BCUT2D eigenvalue weighted by molar-refractivity contribution is 0.0924. The van der Waals surface area contributed by atoms with E-state index in [2.05, 4.69) is 25.3 Å². The van der Waals surface area contributed by atoms with Crippen molar-refractivity contribution >= 4 is 5.96 Å². The summed E-state index contributed by atoms with van der Waals surface area (Å²) < 4.78 is 16.7. The predicted molar refractivity (Wildman–Crippen MR) is 101 cm³/mol. The first-order valence-electron chi connectivity index (χ1n) is 9.27. The summed E-state index contributed by atoms with van der Waals surface area (Å²) in [5.41, 5.74) is 0.973. The number of hydrogen-bond donors (Lipinski definition) is 1. The summed E-state index contributed by atoms with van der Waals surface area (Å²) in [6, 6.07) is 9.68. The lowest BCUT2D eigenvalue weighted by Gasteiger charge is -2.36. The van der Waals surface area contributed by atoms with E-state index < -0.39 is 0 Å². The van der Waals surface area contributed by atoms with Crippen LogP contribution in [0, 0.1) is 0 Å². The fraction of sp³-hybridized carbons (Fsp3) is 0.474. The molecule has 144 valence electrons. The maximum Gasteiger partial charge on any atom is 0.193 e. The molecule has 4 rings (SSSR count). The Labute approximate surface area is 158 Å². The minimum atomic E-state index is -0.0369. The zero-order valence-electron chi connectivity index (χ0n) is 15.5. The van der Waals surface area contributed by atoms with Gasteiger partial charge in [0.2, 0.25) is 0 Å². The normalized spacial score (nSPS) is 20.6. The van der Waals surface area contributed by atoms with E-state index in [1.165, 1.54) is 0 Å². The van der Waals surface area contributed by atoms with Crippen LogP contribution in [0.1, 0.15) is 5.69 Å². The second-order valence-electron chi connectivity index (χ2n) is 6.68. The Bertz CT molecular complexity index is 756. The van der Waals surface area contributed by atoms with Crippen LogP contribution in [0.4, 0.5) is 0 Å². The molecule has 2 aliphatic heterocycles. The van der Waals surface area contributed by atoms with Crippen molar-refractivity contribution in [1.29, 1.82) is 0 Å². The van der Waals surface area contributed by atoms with Crippen molar-refractivity contribution in [1.82, 2.24) is 20.3 Å². The van der Waals surface area contributed by atoms with E-state index >= 15 is 0 Å². The molecule has 3 heterocycles. The Hall–Kier alpha value is -2.74. The minimum Gasteiger partial charge on any atom is -0.486 e. The zero-order chi connectivity index (χ0) is 18.5. The number of benzene rings is 1. The van der Waals surface area contributed by atoms with Gasteiger partial charge in [0.25, 0.3) is 0 Å². The standard InChI is InChI=1S/C19H25N5O3/c1-20-19(21-12-16-14-25-17-4-2-3-5-18(17)27-16)24-9-7-23(8-10-24)13-15-6-11-26-22-15/h2-6,11,16H,7-10,12-14H2,1H3,(H,20,21). The highest BCUT2D eigenvalue weighted by molar-refractivity contribution is 5.80. The van der Waals surface area contributed by atoms with Crippen LogP contribution < -0.4 is 14.8 Å². The minimum absolute atomic E-state index is 0.0369. The average molecular weight is 371 g/mol. The van der Waals surface area contributed by atoms with E-state index in [9.17, 15) is 0 Å². The molecule has 2 aliphatic rings. The van der Waals surface area contributed by atoms with Gasteiger partial charge in [-0.1, -0.05) is 17.3 Å². The first-order chi connectivity index (χ1) is 13.3. The molecule has 0 radical (unpaired) electrons. The van der Waals surface area contributed by atoms with Crippen molar-refractivity contribution in [3.05, 3.63) is 42.3 Å². The number of rotatable bonds is 4. The van der Waals surface area contributed by atoms with Crippen LogP contribution in [-0.4, -0.2) is 73.4 Å². The summed E-state index contributed by atoms with van der Waals surface area (Å²) in [5.74, 6) is 2.51. The number of ether oxygens (including phenoxy) is 2. The van der Waals surface area contributed by atoms with Crippen LogP contribution in [0.25, 0.3) is 0 Å². The molecule has 0 bridgehead atoms. The van der Waals surface area contributed by atoms with Crippen LogP contribution in [0.2, 0.25) is 0 Å². The lowest BCUT2D eigenvalue weighted by atomic mass is 10.2. The van der Waals surface area contributed by atoms with Gasteiger partial charge in [-0.3, -0.25) is 9.89 Å². The van der Waals surface area contributed by atoms with Gasteiger partial charge in [0.15, 0.2) is 17.5 Å². The number of piperazine rings is 1. The summed E-state index contributed by atoms with van der Waals surface area (Å²) in [4.78, 5) is 9.08. The third-order valence-electron chi connectivity index (χ3n) is 4.82. The first kappa shape index (κ1) is 17.7. The van der Waals surface area contributed by atoms with Gasteiger partial charge in [-0.25, -0.2) is 0 Å². The second-order valence-corrected chi connectivity index (χ2v) is 6.68. The third-order valence-corrected chi connectivity index (χ3v) is 4.82. The van der Waals surface area contributed by atoms with Gasteiger partial charge in [-0.15, -0.1) is 0 Å². The number of aromatic nitrogens is 1. The highest BCUT2D eigenvalue weighted by Crippen LogP contribution is 2.30. The van der Waals surface area contributed by atoms with Gasteiger partial charge < -0.3 is 24.2 Å². The predicted octanol–water partition coefficient (Wildman–Crippen LogP) is 1.21. The van der Waals surface area contributed by atoms with E-state index in [0.717, 1.165) is 55.9 Å². The largest absolute Gasteiger partial charge is 0.486 e. The molecule has 1 fully saturated rings. The molecular weight excluding hydrogens is 346 g/mol. The molecule has 0 amide bonds. The number of nitrogens with one attached hydrogen (secondary N) is 1. The van der Waals surface area contributed by atoms with Crippen molar-refractivity contribution in [2.45, 2.75) is 12.6 Å². The van der Waals surface area contributed by atoms with Gasteiger partial charge in [0.1, 0.15) is 19.0 Å². The summed E-state index contributed by atoms with van der Waals surface area (Å²) >= 11 is 0. The molecule has 8 heteroatoms. The van der Waals surface area contributed by atoms with Crippen LogP contribution in [0.3, 0.4) is 0 Å². The van der Waals surface area contributed by atoms with Crippen molar-refractivity contribution < 1.29 is 14.0 Å². The van der Waals surface area contributed by atoms with Crippen LogP contribution in [-0.2, 0) is 6.54 Å². The van der Waals surface area contributed by atoms with E-state index in [4.69, 9.17) is 14.0 Å². The fourth-order valence-electron chi connectivity index (χ4n) is 3.37. The van der Waals surface area contributed by atoms with Crippen molar-refractivity contribution in [2.24, 2.45) is 4.99 Å². The average Bonchev–Trinajstić information content (AvgIpc) is 3.22. The van der Waals surface area contributed by atoms with E-state index in [-0.39, 0.29) is 6.10 Å². The number of nitrogens with zero attached hydrogens (tertiary/aromatic N) is 4. The fourth-order valence-corrected chi connectivity index (χ4v) is 3.37. The molecule has 0 aliphatic carbocycles. The molecule has 0 saturated carbocycles. The molecule has 1 aromatic carbocycles. The van der Waals surface area contributed by atoms with E-state index in [0.29, 0.717) is 13.2 Å². The Kier molecular flexibility index (Phi) is 5.43.